The molecule has 0 bridgehead atoms. The minimum atomic E-state index is 0.326. The second-order valence-electron chi connectivity index (χ2n) is 7.26. The predicted molar refractivity (Wildman–Crippen MR) is 90.4 cm³/mol. The Morgan fingerprint density at radius 1 is 1.25 bits per heavy atom. The highest BCUT2D eigenvalue weighted by atomic mass is 32.1. The van der Waals surface area contributed by atoms with Crippen LogP contribution in [-0.4, -0.2) is 51.5 Å². The van der Waals surface area contributed by atoms with Crippen LogP contribution in [0.3, 0.4) is 0 Å². The van der Waals surface area contributed by atoms with Crippen molar-refractivity contribution in [2.24, 2.45) is 5.41 Å². The van der Waals surface area contributed by atoms with Crippen molar-refractivity contribution in [3.05, 3.63) is 15.6 Å². The van der Waals surface area contributed by atoms with Gasteiger partial charge in [-0.3, -0.25) is 0 Å². The van der Waals surface area contributed by atoms with Crippen LogP contribution in [0.15, 0.2) is 0 Å². The van der Waals surface area contributed by atoms with Gasteiger partial charge in [0.1, 0.15) is 0 Å². The van der Waals surface area contributed by atoms with Gasteiger partial charge < -0.3 is 9.64 Å². The van der Waals surface area contributed by atoms with Gasteiger partial charge in [0.25, 0.3) is 0 Å². The average molecular weight is 346 g/mol. The molecule has 2 fully saturated rings. The minimum Gasteiger partial charge on any atom is -0.381 e. The smallest absolute Gasteiger partial charge is 0.245 e. The van der Waals surface area contributed by atoms with Crippen molar-refractivity contribution in [2.45, 2.75) is 45.1 Å². The molecule has 2 aromatic rings. The molecule has 0 N–H and O–H groups in total. The summed E-state index contributed by atoms with van der Waals surface area (Å²) in [5, 5.41) is 13.6. The lowest BCUT2D eigenvalue weighted by Gasteiger charge is -2.22. The molecule has 2 saturated heterocycles. The Morgan fingerprint density at radius 2 is 2.25 bits per heavy atom. The average Bonchev–Trinajstić information content (AvgIpc) is 3.37. The number of nitrogens with zero attached hydrogens (tertiary/aromatic N) is 6. The first-order chi connectivity index (χ1) is 11.8. The summed E-state index contributed by atoms with van der Waals surface area (Å²) in [5.74, 6) is 0.905. The number of anilines is 1. The number of rotatable bonds is 4. The molecule has 0 amide bonds. The van der Waals surface area contributed by atoms with Crippen LogP contribution < -0.4 is 4.90 Å². The van der Waals surface area contributed by atoms with E-state index < -0.39 is 0 Å². The lowest BCUT2D eigenvalue weighted by Crippen LogP contribution is -2.29. The van der Waals surface area contributed by atoms with E-state index in [2.05, 4.69) is 20.4 Å². The van der Waals surface area contributed by atoms with Crippen molar-refractivity contribution in [3.8, 4) is 0 Å². The molecule has 0 radical (unpaired) electrons. The summed E-state index contributed by atoms with van der Waals surface area (Å²) < 4.78 is 7.57. The zero-order valence-corrected chi connectivity index (χ0v) is 14.6. The molecule has 1 atom stereocenters. The fourth-order valence-electron chi connectivity index (χ4n) is 4.20. The molecule has 3 aliphatic rings. The van der Waals surface area contributed by atoms with E-state index >= 15 is 0 Å². The summed E-state index contributed by atoms with van der Waals surface area (Å²) in [6.45, 7) is 4.62. The highest BCUT2D eigenvalue weighted by Gasteiger charge is 2.42. The maximum absolute atomic E-state index is 5.62. The molecule has 1 aliphatic carbocycles. The molecular formula is C16H22N6OS. The molecule has 7 nitrogen and oxygen atoms in total. The lowest BCUT2D eigenvalue weighted by molar-refractivity contribution is 0.160. The van der Waals surface area contributed by atoms with Crippen LogP contribution in [0.4, 0.5) is 5.95 Å². The van der Waals surface area contributed by atoms with Crippen molar-refractivity contribution < 1.29 is 4.74 Å². The van der Waals surface area contributed by atoms with Crippen molar-refractivity contribution >= 4 is 17.3 Å². The Morgan fingerprint density at radius 3 is 3.12 bits per heavy atom. The van der Waals surface area contributed by atoms with Crippen LogP contribution in [0.2, 0.25) is 0 Å². The summed E-state index contributed by atoms with van der Waals surface area (Å²) in [6.07, 6.45) is 6.89. The van der Waals surface area contributed by atoms with E-state index in [0.717, 1.165) is 58.1 Å². The van der Waals surface area contributed by atoms with Crippen molar-refractivity contribution in [1.82, 2.24) is 25.2 Å². The molecule has 8 heteroatoms. The third kappa shape index (κ3) is 2.52. The van der Waals surface area contributed by atoms with E-state index in [9.17, 15) is 0 Å². The topological polar surface area (TPSA) is 69.0 Å². The van der Waals surface area contributed by atoms with Crippen molar-refractivity contribution in [1.29, 1.82) is 0 Å². The van der Waals surface area contributed by atoms with Gasteiger partial charge in [0.2, 0.25) is 5.95 Å². The zero-order chi connectivity index (χ0) is 16.0. The molecule has 24 heavy (non-hydrogen) atoms. The Hall–Kier alpha value is -1.54. The molecule has 0 saturated carbocycles. The Bertz CT molecular complexity index is 713. The van der Waals surface area contributed by atoms with Crippen LogP contribution >= 0.6 is 11.3 Å². The number of tetrazole rings is 1. The van der Waals surface area contributed by atoms with E-state index in [4.69, 9.17) is 9.72 Å². The standard InChI is InChI=1S/C16H22N6OS/c1-2-12-13(3-1)24-14(17-12)4-7-22-15(18-19-20-22)21-8-5-16(10-21)6-9-23-11-16/h1-11H2. The first kappa shape index (κ1) is 14.8. The Kier molecular flexibility index (Phi) is 3.55. The quantitative estimate of drug-likeness (QED) is 0.835. The molecule has 2 aliphatic heterocycles. The van der Waals surface area contributed by atoms with E-state index in [1.54, 1.807) is 0 Å². The third-order valence-corrected chi connectivity index (χ3v) is 6.81. The van der Waals surface area contributed by atoms with Gasteiger partial charge in [-0.05, 0) is 42.5 Å². The molecule has 128 valence electrons. The largest absolute Gasteiger partial charge is 0.381 e. The molecular weight excluding hydrogens is 324 g/mol. The van der Waals surface area contributed by atoms with Gasteiger partial charge in [0.15, 0.2) is 0 Å². The molecule has 1 unspecified atom stereocenters. The fraction of sp³-hybridized carbons (Fsp3) is 0.750. The minimum absolute atomic E-state index is 0.326. The normalized spacial score (nSPS) is 25.9. The van der Waals surface area contributed by atoms with Gasteiger partial charge >= 0.3 is 0 Å². The Balaban J connectivity index is 1.27. The summed E-state index contributed by atoms with van der Waals surface area (Å²) in [4.78, 5) is 8.60. The summed E-state index contributed by atoms with van der Waals surface area (Å²) in [6, 6.07) is 0. The number of thiazole rings is 1. The van der Waals surface area contributed by atoms with Gasteiger partial charge in [0, 0.05) is 36.4 Å². The number of fused-ring (bicyclic) bond motifs is 1. The molecule has 0 aromatic carbocycles. The maximum Gasteiger partial charge on any atom is 0.245 e. The number of hydrogen-bond acceptors (Lipinski definition) is 7. The highest BCUT2D eigenvalue weighted by Crippen LogP contribution is 2.39. The summed E-state index contributed by atoms with van der Waals surface area (Å²) >= 11 is 1.87. The van der Waals surface area contributed by atoms with Gasteiger partial charge in [-0.1, -0.05) is 5.10 Å². The van der Waals surface area contributed by atoms with Crippen LogP contribution in [-0.2, 0) is 30.5 Å². The van der Waals surface area contributed by atoms with Crippen LogP contribution in [0.5, 0.6) is 0 Å². The van der Waals surface area contributed by atoms with Gasteiger partial charge in [-0.15, -0.1) is 11.3 Å². The van der Waals surface area contributed by atoms with Gasteiger partial charge in [0.05, 0.1) is 23.9 Å². The highest BCUT2D eigenvalue weighted by molar-refractivity contribution is 7.11. The molecule has 1 spiro atoms. The van der Waals surface area contributed by atoms with E-state index in [-0.39, 0.29) is 0 Å². The monoisotopic (exact) mass is 346 g/mol. The number of ether oxygens (including phenoxy) is 1. The molecule has 4 heterocycles. The first-order valence-corrected chi connectivity index (χ1v) is 9.69. The molecule has 5 rings (SSSR count). The second kappa shape index (κ2) is 5.77. The van der Waals surface area contributed by atoms with Crippen LogP contribution in [0.25, 0.3) is 0 Å². The van der Waals surface area contributed by atoms with Gasteiger partial charge in [-0.2, -0.15) is 0 Å². The number of aromatic nitrogens is 5. The van der Waals surface area contributed by atoms with E-state index in [1.165, 1.54) is 34.8 Å². The molecule has 2 aromatic heterocycles. The van der Waals surface area contributed by atoms with Crippen molar-refractivity contribution in [2.75, 3.05) is 31.2 Å². The Labute approximate surface area is 145 Å². The number of hydrogen-bond donors (Lipinski definition) is 0. The SMILES string of the molecule is C1Cc2nc(CCn3nnnc3N3CCC4(CCOC4)C3)sc2C1. The third-order valence-electron chi connectivity index (χ3n) is 5.60. The van der Waals surface area contributed by atoms with E-state index in [1.807, 2.05) is 16.0 Å². The van der Waals surface area contributed by atoms with E-state index in [0.29, 0.717) is 5.41 Å². The maximum atomic E-state index is 5.62. The predicted octanol–water partition coefficient (Wildman–Crippen LogP) is 1.48. The lowest BCUT2D eigenvalue weighted by atomic mass is 9.87. The summed E-state index contributed by atoms with van der Waals surface area (Å²) in [5.41, 5.74) is 1.65. The van der Waals surface area contributed by atoms with Gasteiger partial charge in [-0.25, -0.2) is 9.67 Å². The summed E-state index contributed by atoms with van der Waals surface area (Å²) in [7, 11) is 0. The van der Waals surface area contributed by atoms with Crippen LogP contribution in [0.1, 0.15) is 34.8 Å². The van der Waals surface area contributed by atoms with Crippen molar-refractivity contribution in [3.63, 3.8) is 0 Å². The van der Waals surface area contributed by atoms with Crippen LogP contribution in [0, 0.1) is 5.41 Å². The number of aryl methyl sites for hydroxylation is 4. The zero-order valence-electron chi connectivity index (χ0n) is 13.8. The fourth-order valence-corrected chi connectivity index (χ4v) is 5.35. The first-order valence-electron chi connectivity index (χ1n) is 8.88. The second-order valence-corrected chi connectivity index (χ2v) is 8.43.